The van der Waals surface area contributed by atoms with E-state index in [4.69, 9.17) is 0 Å². The van der Waals surface area contributed by atoms with Crippen LogP contribution in [0.4, 0.5) is 0 Å². The maximum atomic E-state index is 9.45. The van der Waals surface area contributed by atoms with Crippen LogP contribution >= 0.6 is 0 Å². The Hall–Kier alpha value is -1.83. The number of aromatic hydroxyl groups is 1. The number of benzene rings is 1. The van der Waals surface area contributed by atoms with Gasteiger partial charge in [0.15, 0.2) is 0 Å². The van der Waals surface area contributed by atoms with Crippen LogP contribution in [0.25, 0.3) is 11.3 Å². The third-order valence-corrected chi connectivity index (χ3v) is 1.77. The minimum Gasteiger partial charge on any atom is -0.505 e. The molecule has 0 saturated carbocycles. The Kier molecular flexibility index (Phi) is 1.96. The van der Waals surface area contributed by atoms with Crippen LogP contribution in [0, 0.1) is 6.07 Å². The van der Waals surface area contributed by atoms with Crippen molar-refractivity contribution in [3.63, 3.8) is 0 Å². The first-order chi connectivity index (χ1) is 6.38. The van der Waals surface area contributed by atoms with E-state index in [-0.39, 0.29) is 5.75 Å². The van der Waals surface area contributed by atoms with Crippen molar-refractivity contribution in [2.45, 2.75) is 0 Å². The second-order valence-electron chi connectivity index (χ2n) is 2.65. The van der Waals surface area contributed by atoms with Gasteiger partial charge in [0.1, 0.15) is 11.4 Å². The molecule has 0 spiro atoms. The largest absolute Gasteiger partial charge is 0.505 e. The van der Waals surface area contributed by atoms with Crippen LogP contribution in [-0.4, -0.2) is 10.1 Å². The molecule has 0 amide bonds. The summed E-state index contributed by atoms with van der Waals surface area (Å²) < 4.78 is 0. The van der Waals surface area contributed by atoms with Gasteiger partial charge in [0, 0.05) is 17.8 Å². The van der Waals surface area contributed by atoms with Crippen molar-refractivity contribution in [1.29, 1.82) is 0 Å². The monoisotopic (exact) mass is 170 g/mol. The van der Waals surface area contributed by atoms with Crippen LogP contribution in [0.3, 0.4) is 0 Å². The fourth-order valence-electron chi connectivity index (χ4n) is 1.16. The highest BCUT2D eigenvalue weighted by atomic mass is 16.3. The van der Waals surface area contributed by atoms with Gasteiger partial charge >= 0.3 is 0 Å². The fourth-order valence-corrected chi connectivity index (χ4v) is 1.16. The first-order valence-corrected chi connectivity index (χ1v) is 3.99. The molecule has 0 bridgehead atoms. The van der Waals surface area contributed by atoms with E-state index in [9.17, 15) is 5.11 Å². The van der Waals surface area contributed by atoms with Gasteiger partial charge < -0.3 is 5.11 Å². The van der Waals surface area contributed by atoms with Crippen molar-refractivity contribution in [3.05, 3.63) is 48.7 Å². The van der Waals surface area contributed by atoms with E-state index < -0.39 is 0 Å². The molecule has 0 aliphatic carbocycles. The summed E-state index contributed by atoms with van der Waals surface area (Å²) in [6, 6.07) is 13.8. The lowest BCUT2D eigenvalue weighted by molar-refractivity contribution is 0.474. The van der Waals surface area contributed by atoms with Gasteiger partial charge in [-0.15, -0.1) is 0 Å². The predicted molar refractivity (Wildman–Crippen MR) is 50.2 cm³/mol. The lowest BCUT2D eigenvalue weighted by Crippen LogP contribution is -1.82. The molecular weight excluding hydrogens is 162 g/mol. The topological polar surface area (TPSA) is 33.1 Å². The van der Waals surface area contributed by atoms with Gasteiger partial charge in [0.25, 0.3) is 0 Å². The minimum atomic E-state index is 0.0914. The summed E-state index contributed by atoms with van der Waals surface area (Å²) in [5.41, 5.74) is 1.47. The van der Waals surface area contributed by atoms with Crippen LogP contribution in [0.1, 0.15) is 0 Å². The molecule has 0 unspecified atom stereocenters. The van der Waals surface area contributed by atoms with Gasteiger partial charge in [0.2, 0.25) is 0 Å². The standard InChI is InChI=1S/C11H8NO/c13-10-7-4-8-12-11(10)9-5-2-1-3-6-9/h1-6,8,13H. The molecule has 0 fully saturated rings. The van der Waals surface area contributed by atoms with E-state index in [2.05, 4.69) is 11.1 Å². The van der Waals surface area contributed by atoms with Crippen LogP contribution in [-0.2, 0) is 0 Å². The molecule has 0 saturated heterocycles. The first kappa shape index (κ1) is 7.80. The molecule has 63 valence electrons. The molecule has 1 heterocycles. The number of hydrogen-bond donors (Lipinski definition) is 1. The molecule has 0 aliphatic heterocycles. The van der Waals surface area contributed by atoms with Crippen LogP contribution < -0.4 is 0 Å². The zero-order chi connectivity index (χ0) is 9.10. The van der Waals surface area contributed by atoms with Crippen molar-refractivity contribution >= 4 is 0 Å². The maximum absolute atomic E-state index is 9.45. The Morgan fingerprint density at radius 3 is 2.62 bits per heavy atom. The van der Waals surface area contributed by atoms with E-state index in [1.807, 2.05) is 30.3 Å². The zero-order valence-corrected chi connectivity index (χ0v) is 6.94. The van der Waals surface area contributed by atoms with Crippen LogP contribution in [0.15, 0.2) is 42.6 Å². The molecule has 2 aromatic rings. The van der Waals surface area contributed by atoms with Crippen molar-refractivity contribution in [3.8, 4) is 17.0 Å². The van der Waals surface area contributed by atoms with E-state index in [1.54, 1.807) is 12.3 Å². The summed E-state index contributed by atoms with van der Waals surface area (Å²) in [5, 5.41) is 9.45. The number of pyridine rings is 1. The molecule has 0 atom stereocenters. The van der Waals surface area contributed by atoms with E-state index in [0.29, 0.717) is 5.69 Å². The van der Waals surface area contributed by atoms with Gasteiger partial charge in [-0.05, 0) is 6.07 Å². The van der Waals surface area contributed by atoms with Gasteiger partial charge in [-0.25, -0.2) is 0 Å². The Labute approximate surface area is 76.5 Å². The number of rotatable bonds is 1. The summed E-state index contributed by atoms with van der Waals surface area (Å²) in [7, 11) is 0. The molecule has 0 aliphatic rings. The molecule has 1 aromatic heterocycles. The van der Waals surface area contributed by atoms with Crippen LogP contribution in [0.5, 0.6) is 5.75 Å². The Morgan fingerprint density at radius 2 is 1.92 bits per heavy atom. The lowest BCUT2D eigenvalue weighted by atomic mass is 10.1. The van der Waals surface area contributed by atoms with E-state index in [1.165, 1.54) is 0 Å². The second kappa shape index (κ2) is 3.27. The van der Waals surface area contributed by atoms with Crippen molar-refractivity contribution in [2.75, 3.05) is 0 Å². The Balaban J connectivity index is 2.54. The summed E-state index contributed by atoms with van der Waals surface area (Å²) in [5.74, 6) is 0.0914. The normalized spacial score (nSPS) is 9.85. The third-order valence-electron chi connectivity index (χ3n) is 1.77. The van der Waals surface area contributed by atoms with E-state index >= 15 is 0 Å². The summed E-state index contributed by atoms with van der Waals surface area (Å²) in [6.45, 7) is 0. The molecule has 2 heteroatoms. The molecule has 13 heavy (non-hydrogen) atoms. The molecule has 2 rings (SSSR count). The maximum Gasteiger partial charge on any atom is 0.149 e. The van der Waals surface area contributed by atoms with Gasteiger partial charge in [-0.2, -0.15) is 0 Å². The highest BCUT2D eigenvalue weighted by Crippen LogP contribution is 2.24. The first-order valence-electron chi connectivity index (χ1n) is 3.99. The van der Waals surface area contributed by atoms with Crippen molar-refractivity contribution in [1.82, 2.24) is 4.98 Å². The van der Waals surface area contributed by atoms with E-state index in [0.717, 1.165) is 5.56 Å². The van der Waals surface area contributed by atoms with Gasteiger partial charge in [0.05, 0.1) is 0 Å². The van der Waals surface area contributed by atoms with Gasteiger partial charge in [-0.1, -0.05) is 30.3 Å². The average molecular weight is 170 g/mol. The fraction of sp³-hybridized carbons (Fsp3) is 0. The highest BCUT2D eigenvalue weighted by Gasteiger charge is 2.02. The van der Waals surface area contributed by atoms with Crippen LogP contribution in [0.2, 0.25) is 0 Å². The molecule has 1 N–H and O–H groups in total. The Bertz CT molecular complexity index is 398. The highest BCUT2D eigenvalue weighted by molar-refractivity contribution is 5.64. The number of hydrogen-bond acceptors (Lipinski definition) is 2. The number of nitrogens with zero attached hydrogens (tertiary/aromatic N) is 1. The van der Waals surface area contributed by atoms with Crippen molar-refractivity contribution in [2.24, 2.45) is 0 Å². The SMILES string of the molecule is Oc1[c]ccnc1-c1ccccc1. The third kappa shape index (κ3) is 1.51. The molecular formula is C11H8NO. The quantitative estimate of drug-likeness (QED) is 0.712. The van der Waals surface area contributed by atoms with Gasteiger partial charge in [-0.3, -0.25) is 4.98 Å². The average Bonchev–Trinajstić information content (AvgIpc) is 2.20. The second-order valence-corrected chi connectivity index (χ2v) is 2.65. The summed E-state index contributed by atoms with van der Waals surface area (Å²) >= 11 is 0. The molecule has 1 aromatic carbocycles. The Morgan fingerprint density at radius 1 is 1.15 bits per heavy atom. The predicted octanol–water partition coefficient (Wildman–Crippen LogP) is 2.25. The zero-order valence-electron chi connectivity index (χ0n) is 6.94. The smallest absolute Gasteiger partial charge is 0.149 e. The van der Waals surface area contributed by atoms with Crippen molar-refractivity contribution < 1.29 is 5.11 Å². The minimum absolute atomic E-state index is 0.0914. The molecule has 1 radical (unpaired) electrons. The molecule has 2 nitrogen and oxygen atoms in total. The number of aromatic nitrogens is 1. The summed E-state index contributed by atoms with van der Waals surface area (Å²) in [4.78, 5) is 4.07. The lowest BCUT2D eigenvalue weighted by Gasteiger charge is -2.01. The summed E-state index contributed by atoms with van der Waals surface area (Å²) in [6.07, 6.45) is 1.61.